The quantitative estimate of drug-likeness (QED) is 0.821. The molecular formula is C17H19ClN2O2S. The van der Waals surface area contributed by atoms with Crippen LogP contribution in [0.1, 0.15) is 29.2 Å². The number of ether oxygens (including phenoxy) is 1. The van der Waals surface area contributed by atoms with Crippen molar-refractivity contribution in [1.82, 2.24) is 9.88 Å². The molecule has 1 aromatic carbocycles. The molecule has 2 unspecified atom stereocenters. The van der Waals surface area contributed by atoms with Gasteiger partial charge in [0.05, 0.1) is 17.9 Å². The number of aromatic nitrogens is 1. The standard InChI is InChI=1S/C17H19ClN2O2S/c1-10-8-20(9-11(2)22-10)17(21)15-12(3)19-16(23-15)13-5-4-6-14(18)7-13/h4-7,10-11H,8-9H2,1-3H3. The summed E-state index contributed by atoms with van der Waals surface area (Å²) in [6.45, 7) is 7.10. The molecule has 2 aromatic rings. The lowest BCUT2D eigenvalue weighted by molar-refractivity contribution is -0.0585. The van der Waals surface area contributed by atoms with Crippen LogP contribution in [-0.2, 0) is 4.74 Å². The normalized spacial score (nSPS) is 21.5. The van der Waals surface area contributed by atoms with E-state index in [2.05, 4.69) is 4.98 Å². The van der Waals surface area contributed by atoms with Crippen molar-refractivity contribution < 1.29 is 9.53 Å². The maximum absolute atomic E-state index is 12.8. The zero-order valence-corrected chi connectivity index (χ0v) is 14.9. The molecule has 0 spiro atoms. The number of nitrogens with zero attached hydrogens (tertiary/aromatic N) is 2. The van der Waals surface area contributed by atoms with Crippen molar-refractivity contribution in [3.8, 4) is 10.6 Å². The van der Waals surface area contributed by atoms with Crippen molar-refractivity contribution in [2.75, 3.05) is 13.1 Å². The lowest BCUT2D eigenvalue weighted by Crippen LogP contribution is -2.48. The molecule has 0 saturated carbocycles. The van der Waals surface area contributed by atoms with Crippen LogP contribution in [0, 0.1) is 6.92 Å². The van der Waals surface area contributed by atoms with E-state index in [9.17, 15) is 4.79 Å². The van der Waals surface area contributed by atoms with Crippen LogP contribution in [0.5, 0.6) is 0 Å². The van der Waals surface area contributed by atoms with Gasteiger partial charge < -0.3 is 9.64 Å². The highest BCUT2D eigenvalue weighted by atomic mass is 35.5. The number of amides is 1. The first-order valence-corrected chi connectivity index (χ1v) is 8.81. The molecule has 2 atom stereocenters. The molecule has 1 aromatic heterocycles. The number of halogens is 1. The van der Waals surface area contributed by atoms with Crippen molar-refractivity contribution in [3.63, 3.8) is 0 Å². The number of carbonyl (C=O) groups excluding carboxylic acids is 1. The largest absolute Gasteiger partial charge is 0.372 e. The molecular weight excluding hydrogens is 332 g/mol. The van der Waals surface area contributed by atoms with Gasteiger partial charge in [-0.2, -0.15) is 0 Å². The van der Waals surface area contributed by atoms with Gasteiger partial charge in [-0.15, -0.1) is 11.3 Å². The Morgan fingerprint density at radius 1 is 1.35 bits per heavy atom. The van der Waals surface area contributed by atoms with Crippen LogP contribution in [-0.4, -0.2) is 41.1 Å². The predicted octanol–water partition coefficient (Wildman–Crippen LogP) is 4.02. The smallest absolute Gasteiger partial charge is 0.266 e. The summed E-state index contributed by atoms with van der Waals surface area (Å²) in [5, 5.41) is 1.49. The lowest BCUT2D eigenvalue weighted by atomic mass is 10.2. The van der Waals surface area contributed by atoms with Crippen LogP contribution in [0.15, 0.2) is 24.3 Å². The minimum Gasteiger partial charge on any atom is -0.372 e. The number of carbonyl (C=O) groups is 1. The van der Waals surface area contributed by atoms with Crippen LogP contribution >= 0.6 is 22.9 Å². The predicted molar refractivity (Wildman–Crippen MR) is 93.2 cm³/mol. The van der Waals surface area contributed by atoms with E-state index in [1.165, 1.54) is 11.3 Å². The summed E-state index contributed by atoms with van der Waals surface area (Å²) in [4.78, 5) is 20.0. The molecule has 0 bridgehead atoms. The Kier molecular flexibility index (Phi) is 4.71. The van der Waals surface area contributed by atoms with Crippen LogP contribution in [0.4, 0.5) is 0 Å². The van der Waals surface area contributed by atoms with Gasteiger partial charge in [-0.25, -0.2) is 4.98 Å². The Morgan fingerprint density at radius 3 is 2.70 bits per heavy atom. The van der Waals surface area contributed by atoms with Gasteiger partial charge in [0.15, 0.2) is 0 Å². The SMILES string of the molecule is Cc1nc(-c2cccc(Cl)c2)sc1C(=O)N1CC(C)OC(C)C1. The summed E-state index contributed by atoms with van der Waals surface area (Å²) in [6, 6.07) is 7.54. The summed E-state index contributed by atoms with van der Waals surface area (Å²) in [5.74, 6) is 0.0373. The van der Waals surface area contributed by atoms with Gasteiger partial charge >= 0.3 is 0 Å². The van der Waals surface area contributed by atoms with E-state index >= 15 is 0 Å². The maximum atomic E-state index is 12.8. The van der Waals surface area contributed by atoms with E-state index in [-0.39, 0.29) is 18.1 Å². The van der Waals surface area contributed by atoms with E-state index in [0.717, 1.165) is 16.3 Å². The second-order valence-electron chi connectivity index (χ2n) is 5.91. The summed E-state index contributed by atoms with van der Waals surface area (Å²) >= 11 is 7.47. The second kappa shape index (κ2) is 6.59. The number of hydrogen-bond donors (Lipinski definition) is 0. The van der Waals surface area contributed by atoms with Gasteiger partial charge in [0.25, 0.3) is 5.91 Å². The van der Waals surface area contributed by atoms with Crippen molar-refractivity contribution in [2.24, 2.45) is 0 Å². The monoisotopic (exact) mass is 350 g/mol. The molecule has 1 fully saturated rings. The fourth-order valence-corrected chi connectivity index (χ4v) is 4.05. The highest BCUT2D eigenvalue weighted by molar-refractivity contribution is 7.17. The average molecular weight is 351 g/mol. The molecule has 3 rings (SSSR count). The van der Waals surface area contributed by atoms with E-state index in [1.54, 1.807) is 0 Å². The van der Waals surface area contributed by atoms with E-state index in [0.29, 0.717) is 23.0 Å². The third-order valence-electron chi connectivity index (χ3n) is 3.77. The highest BCUT2D eigenvalue weighted by Crippen LogP contribution is 2.30. The fourth-order valence-electron chi connectivity index (χ4n) is 2.83. The number of thiazole rings is 1. The Labute approximate surface area is 145 Å². The fraction of sp³-hybridized carbons (Fsp3) is 0.412. The summed E-state index contributed by atoms with van der Waals surface area (Å²) in [5.41, 5.74) is 1.70. The average Bonchev–Trinajstić information content (AvgIpc) is 2.87. The highest BCUT2D eigenvalue weighted by Gasteiger charge is 2.29. The van der Waals surface area contributed by atoms with Gasteiger partial charge in [0.2, 0.25) is 0 Å². The minimum atomic E-state index is 0.0373. The Morgan fingerprint density at radius 2 is 2.04 bits per heavy atom. The first kappa shape index (κ1) is 16.4. The number of benzene rings is 1. The molecule has 1 aliphatic heterocycles. The van der Waals surface area contributed by atoms with Crippen molar-refractivity contribution in [1.29, 1.82) is 0 Å². The topological polar surface area (TPSA) is 42.4 Å². The first-order chi connectivity index (χ1) is 10.9. The van der Waals surface area contributed by atoms with Gasteiger partial charge in [-0.3, -0.25) is 4.79 Å². The zero-order chi connectivity index (χ0) is 16.6. The molecule has 1 aliphatic rings. The van der Waals surface area contributed by atoms with Crippen molar-refractivity contribution in [3.05, 3.63) is 39.9 Å². The third-order valence-corrected chi connectivity index (χ3v) is 5.20. The molecule has 122 valence electrons. The van der Waals surface area contributed by atoms with E-state index < -0.39 is 0 Å². The van der Waals surface area contributed by atoms with Crippen LogP contribution < -0.4 is 0 Å². The summed E-state index contributed by atoms with van der Waals surface area (Å²) in [6.07, 6.45) is 0.117. The third kappa shape index (κ3) is 3.57. The van der Waals surface area contributed by atoms with Gasteiger partial charge in [0.1, 0.15) is 9.88 Å². The maximum Gasteiger partial charge on any atom is 0.266 e. The molecule has 6 heteroatoms. The molecule has 0 N–H and O–H groups in total. The number of hydrogen-bond acceptors (Lipinski definition) is 4. The van der Waals surface area contributed by atoms with Gasteiger partial charge in [0, 0.05) is 23.7 Å². The number of morpholine rings is 1. The van der Waals surface area contributed by atoms with Crippen LogP contribution in [0.25, 0.3) is 10.6 Å². The molecule has 1 saturated heterocycles. The number of aryl methyl sites for hydroxylation is 1. The molecule has 0 radical (unpaired) electrons. The Balaban J connectivity index is 1.87. The molecule has 2 heterocycles. The van der Waals surface area contributed by atoms with Crippen molar-refractivity contribution >= 4 is 28.8 Å². The second-order valence-corrected chi connectivity index (χ2v) is 7.35. The molecule has 4 nitrogen and oxygen atoms in total. The van der Waals surface area contributed by atoms with Crippen LogP contribution in [0.2, 0.25) is 5.02 Å². The van der Waals surface area contributed by atoms with E-state index in [1.807, 2.05) is 49.9 Å². The molecule has 1 amide bonds. The first-order valence-electron chi connectivity index (χ1n) is 7.62. The van der Waals surface area contributed by atoms with Crippen molar-refractivity contribution in [2.45, 2.75) is 33.0 Å². The van der Waals surface area contributed by atoms with Gasteiger partial charge in [-0.05, 0) is 32.9 Å². The zero-order valence-electron chi connectivity index (χ0n) is 13.4. The van der Waals surface area contributed by atoms with Gasteiger partial charge in [-0.1, -0.05) is 23.7 Å². The molecule has 0 aliphatic carbocycles. The van der Waals surface area contributed by atoms with E-state index in [4.69, 9.17) is 16.3 Å². The minimum absolute atomic E-state index is 0.0373. The summed E-state index contributed by atoms with van der Waals surface area (Å²) in [7, 11) is 0. The molecule has 23 heavy (non-hydrogen) atoms. The lowest BCUT2D eigenvalue weighted by Gasteiger charge is -2.35. The number of rotatable bonds is 2. The summed E-state index contributed by atoms with van der Waals surface area (Å²) < 4.78 is 5.70. The Hall–Kier alpha value is -1.43. The Bertz CT molecular complexity index is 721. The van der Waals surface area contributed by atoms with Crippen LogP contribution in [0.3, 0.4) is 0 Å².